The van der Waals surface area contributed by atoms with E-state index in [9.17, 15) is 4.79 Å². The zero-order valence-corrected chi connectivity index (χ0v) is 11.9. The Kier molecular flexibility index (Phi) is 4.84. The topological polar surface area (TPSA) is 50.4 Å². The summed E-state index contributed by atoms with van der Waals surface area (Å²) in [6.07, 6.45) is 0. The van der Waals surface area contributed by atoms with Crippen LogP contribution in [0.25, 0.3) is 0 Å². The van der Waals surface area contributed by atoms with E-state index in [1.165, 1.54) is 0 Å². The highest BCUT2D eigenvalue weighted by Crippen LogP contribution is 2.27. The van der Waals surface area contributed by atoms with Gasteiger partial charge in [0.1, 0.15) is 5.75 Å². The third-order valence-electron chi connectivity index (χ3n) is 1.98. The van der Waals surface area contributed by atoms with E-state index in [0.29, 0.717) is 23.1 Å². The summed E-state index contributed by atoms with van der Waals surface area (Å²) in [7, 11) is 0. The van der Waals surface area contributed by atoms with Crippen molar-refractivity contribution >= 4 is 23.3 Å². The number of anilines is 1. The van der Waals surface area contributed by atoms with E-state index < -0.39 is 0 Å². The van der Waals surface area contributed by atoms with Gasteiger partial charge < -0.3 is 15.4 Å². The summed E-state index contributed by atoms with van der Waals surface area (Å²) in [6.45, 7) is 8.18. The molecular weight excluding hydrogens is 252 g/mol. The monoisotopic (exact) mass is 270 g/mol. The molecule has 0 radical (unpaired) electrons. The molecule has 1 rings (SSSR count). The first-order valence-electron chi connectivity index (χ1n) is 5.83. The van der Waals surface area contributed by atoms with Crippen molar-refractivity contribution in [3.63, 3.8) is 0 Å². The summed E-state index contributed by atoms with van der Waals surface area (Å²) in [5, 5.41) is 6.00. The lowest BCUT2D eigenvalue weighted by Gasteiger charge is -2.20. The molecule has 18 heavy (non-hydrogen) atoms. The number of amides is 2. The number of benzene rings is 1. The first-order valence-corrected chi connectivity index (χ1v) is 6.21. The maximum atomic E-state index is 11.7. The SMILES string of the molecule is CCOc1ccc(NC(=O)NC(C)(C)C)cc1Cl. The Balaban J connectivity index is 2.69. The van der Waals surface area contributed by atoms with Crippen molar-refractivity contribution in [2.75, 3.05) is 11.9 Å². The zero-order chi connectivity index (χ0) is 13.8. The second-order valence-corrected chi connectivity index (χ2v) is 5.31. The van der Waals surface area contributed by atoms with Crippen LogP contribution in [-0.2, 0) is 0 Å². The lowest BCUT2D eigenvalue weighted by molar-refractivity contribution is 0.244. The van der Waals surface area contributed by atoms with Gasteiger partial charge in [0.05, 0.1) is 11.6 Å². The summed E-state index contributed by atoms with van der Waals surface area (Å²) < 4.78 is 5.32. The number of hydrogen-bond acceptors (Lipinski definition) is 2. The lowest BCUT2D eigenvalue weighted by Crippen LogP contribution is -2.43. The van der Waals surface area contributed by atoms with Crippen LogP contribution >= 0.6 is 11.6 Å². The smallest absolute Gasteiger partial charge is 0.319 e. The molecule has 2 N–H and O–H groups in total. The minimum atomic E-state index is -0.279. The summed E-state index contributed by atoms with van der Waals surface area (Å²) in [4.78, 5) is 11.7. The molecule has 0 spiro atoms. The number of carbonyl (C=O) groups is 1. The number of carbonyl (C=O) groups excluding carboxylic acids is 1. The molecule has 0 aromatic heterocycles. The van der Waals surface area contributed by atoms with Gasteiger partial charge in [0.25, 0.3) is 0 Å². The van der Waals surface area contributed by atoms with Crippen molar-refractivity contribution in [2.24, 2.45) is 0 Å². The van der Waals surface area contributed by atoms with Crippen LogP contribution in [0.15, 0.2) is 18.2 Å². The van der Waals surface area contributed by atoms with Crippen LogP contribution in [0.3, 0.4) is 0 Å². The van der Waals surface area contributed by atoms with Gasteiger partial charge in [-0.1, -0.05) is 11.6 Å². The molecule has 0 saturated carbocycles. The van der Waals surface area contributed by atoms with Gasteiger partial charge >= 0.3 is 6.03 Å². The van der Waals surface area contributed by atoms with E-state index in [2.05, 4.69) is 10.6 Å². The molecule has 0 aliphatic carbocycles. The van der Waals surface area contributed by atoms with E-state index in [1.807, 2.05) is 27.7 Å². The maximum Gasteiger partial charge on any atom is 0.319 e. The first-order chi connectivity index (χ1) is 8.31. The van der Waals surface area contributed by atoms with Gasteiger partial charge in [-0.25, -0.2) is 4.79 Å². The number of urea groups is 1. The molecular formula is C13H19ClN2O2. The second-order valence-electron chi connectivity index (χ2n) is 4.91. The number of hydrogen-bond donors (Lipinski definition) is 2. The normalized spacial score (nSPS) is 10.9. The van der Waals surface area contributed by atoms with Crippen molar-refractivity contribution in [3.05, 3.63) is 23.2 Å². The molecule has 1 aromatic rings. The molecule has 5 heteroatoms. The average Bonchev–Trinajstić information content (AvgIpc) is 2.19. The van der Waals surface area contributed by atoms with Crippen LogP contribution in [0.1, 0.15) is 27.7 Å². The van der Waals surface area contributed by atoms with Crippen molar-refractivity contribution in [1.29, 1.82) is 0 Å². The van der Waals surface area contributed by atoms with Crippen molar-refractivity contribution in [3.8, 4) is 5.75 Å². The number of nitrogens with one attached hydrogen (secondary N) is 2. The lowest BCUT2D eigenvalue weighted by atomic mass is 10.1. The van der Waals surface area contributed by atoms with Gasteiger partial charge in [-0.2, -0.15) is 0 Å². The van der Waals surface area contributed by atoms with E-state index in [1.54, 1.807) is 18.2 Å². The van der Waals surface area contributed by atoms with Crippen molar-refractivity contribution in [2.45, 2.75) is 33.2 Å². The largest absolute Gasteiger partial charge is 0.492 e. The van der Waals surface area contributed by atoms with Gasteiger partial charge in [0.15, 0.2) is 0 Å². The predicted molar refractivity (Wildman–Crippen MR) is 74.5 cm³/mol. The number of ether oxygens (including phenoxy) is 1. The molecule has 0 aliphatic rings. The molecule has 2 amide bonds. The second kappa shape index (κ2) is 5.96. The molecule has 4 nitrogen and oxygen atoms in total. The van der Waals surface area contributed by atoms with E-state index in [-0.39, 0.29) is 11.6 Å². The van der Waals surface area contributed by atoms with Crippen LogP contribution in [0.5, 0.6) is 5.75 Å². The molecule has 0 aliphatic heterocycles. The van der Waals surface area contributed by atoms with Crippen molar-refractivity contribution < 1.29 is 9.53 Å². The Hall–Kier alpha value is -1.42. The maximum absolute atomic E-state index is 11.7. The van der Waals surface area contributed by atoms with Crippen LogP contribution in [0, 0.1) is 0 Å². The van der Waals surface area contributed by atoms with Crippen LogP contribution in [0.4, 0.5) is 10.5 Å². The third kappa shape index (κ3) is 4.84. The molecule has 100 valence electrons. The van der Waals surface area contributed by atoms with Gasteiger partial charge in [0.2, 0.25) is 0 Å². The average molecular weight is 271 g/mol. The fourth-order valence-corrected chi connectivity index (χ4v) is 1.59. The molecule has 0 fully saturated rings. The molecule has 0 unspecified atom stereocenters. The van der Waals surface area contributed by atoms with Crippen molar-refractivity contribution in [1.82, 2.24) is 5.32 Å². The van der Waals surface area contributed by atoms with Gasteiger partial charge in [0, 0.05) is 11.2 Å². The zero-order valence-electron chi connectivity index (χ0n) is 11.1. The Bertz CT molecular complexity index is 427. The summed E-state index contributed by atoms with van der Waals surface area (Å²) in [6, 6.07) is 4.88. The minimum Gasteiger partial charge on any atom is -0.492 e. The fraction of sp³-hybridized carbons (Fsp3) is 0.462. The number of rotatable bonds is 3. The predicted octanol–water partition coefficient (Wildman–Crippen LogP) is 3.66. The van der Waals surface area contributed by atoms with Gasteiger partial charge in [-0.3, -0.25) is 0 Å². The molecule has 0 saturated heterocycles. The van der Waals surface area contributed by atoms with Gasteiger partial charge in [-0.15, -0.1) is 0 Å². The van der Waals surface area contributed by atoms with Crippen LogP contribution < -0.4 is 15.4 Å². The van der Waals surface area contributed by atoms with Crippen LogP contribution in [-0.4, -0.2) is 18.2 Å². The highest BCUT2D eigenvalue weighted by molar-refractivity contribution is 6.32. The molecule has 0 heterocycles. The summed E-state index contributed by atoms with van der Waals surface area (Å²) in [5.41, 5.74) is 0.351. The number of halogens is 1. The molecule has 0 bridgehead atoms. The van der Waals surface area contributed by atoms with Crippen LogP contribution in [0.2, 0.25) is 5.02 Å². The Morgan fingerprint density at radius 2 is 2.06 bits per heavy atom. The Labute approximate surface area is 113 Å². The Morgan fingerprint density at radius 3 is 2.56 bits per heavy atom. The standard InChI is InChI=1S/C13H19ClN2O2/c1-5-18-11-7-6-9(8-10(11)14)15-12(17)16-13(2,3)4/h6-8H,5H2,1-4H3,(H2,15,16,17). The summed E-state index contributed by atoms with van der Waals surface area (Å²) >= 11 is 6.03. The highest BCUT2D eigenvalue weighted by atomic mass is 35.5. The fourth-order valence-electron chi connectivity index (χ4n) is 1.35. The third-order valence-corrected chi connectivity index (χ3v) is 2.27. The minimum absolute atomic E-state index is 0.261. The molecule has 1 aromatic carbocycles. The quantitative estimate of drug-likeness (QED) is 0.881. The highest BCUT2D eigenvalue weighted by Gasteiger charge is 2.13. The summed E-state index contributed by atoms with van der Waals surface area (Å²) in [5.74, 6) is 0.612. The molecule has 0 atom stereocenters. The first kappa shape index (κ1) is 14.6. The van der Waals surface area contributed by atoms with Gasteiger partial charge in [-0.05, 0) is 45.9 Å². The van der Waals surface area contributed by atoms with E-state index in [4.69, 9.17) is 16.3 Å². The Morgan fingerprint density at radius 1 is 1.39 bits per heavy atom. The van der Waals surface area contributed by atoms with E-state index in [0.717, 1.165) is 0 Å². The van der Waals surface area contributed by atoms with E-state index >= 15 is 0 Å².